The van der Waals surface area contributed by atoms with Gasteiger partial charge >= 0.3 is 0 Å². The van der Waals surface area contributed by atoms with Crippen LogP contribution in [0.5, 0.6) is 0 Å². The zero-order chi connectivity index (χ0) is 13.5. The number of benzene rings is 1. The van der Waals surface area contributed by atoms with Gasteiger partial charge in [0.2, 0.25) is 5.91 Å². The van der Waals surface area contributed by atoms with E-state index in [4.69, 9.17) is 16.7 Å². The van der Waals surface area contributed by atoms with Gasteiger partial charge in [-0.2, -0.15) is 0 Å². The summed E-state index contributed by atoms with van der Waals surface area (Å²) in [5.41, 5.74) is 1.51. The molecule has 1 aromatic rings. The van der Waals surface area contributed by atoms with Crippen LogP contribution in [0.3, 0.4) is 0 Å². The molecule has 18 heavy (non-hydrogen) atoms. The third-order valence-corrected chi connectivity index (χ3v) is 2.67. The van der Waals surface area contributed by atoms with Crippen LogP contribution in [0, 0.1) is 0 Å². The van der Waals surface area contributed by atoms with Crippen LogP contribution < -0.4 is 5.32 Å². The maximum absolute atomic E-state index is 11.7. The van der Waals surface area contributed by atoms with Crippen molar-refractivity contribution in [1.82, 2.24) is 5.32 Å². The second kappa shape index (κ2) is 7.19. The monoisotopic (exact) mass is 267 g/mol. The van der Waals surface area contributed by atoms with Gasteiger partial charge in [0.1, 0.15) is 0 Å². The van der Waals surface area contributed by atoms with Gasteiger partial charge in [0.25, 0.3) is 0 Å². The molecule has 98 valence electrons. The molecule has 0 aliphatic heterocycles. The highest BCUT2D eigenvalue weighted by Gasteiger charge is 2.04. The molecule has 3 nitrogen and oxygen atoms in total. The standard InChI is InChI=1S/C14H18ClNO2/c1-10(14(18)16-7-6-11(2)17)8-12-4-3-5-13(15)9-12/h3-5,8-9,11,17H,6-7H2,1-2H3,(H,16,18)/b10-8+. The van der Waals surface area contributed by atoms with E-state index in [1.165, 1.54) is 0 Å². The zero-order valence-electron chi connectivity index (χ0n) is 10.6. The molecule has 0 aliphatic rings. The van der Waals surface area contributed by atoms with Gasteiger partial charge in [0.05, 0.1) is 6.10 Å². The van der Waals surface area contributed by atoms with Crippen LogP contribution in [0.4, 0.5) is 0 Å². The number of hydrogen-bond acceptors (Lipinski definition) is 2. The maximum Gasteiger partial charge on any atom is 0.246 e. The van der Waals surface area contributed by atoms with Gasteiger partial charge in [0, 0.05) is 17.1 Å². The first-order valence-corrected chi connectivity index (χ1v) is 6.27. The number of aliphatic hydroxyl groups excluding tert-OH is 1. The Morgan fingerprint density at radius 3 is 2.89 bits per heavy atom. The second-order valence-corrected chi connectivity index (χ2v) is 4.71. The van der Waals surface area contributed by atoms with Crippen molar-refractivity contribution in [3.63, 3.8) is 0 Å². The van der Waals surface area contributed by atoms with Crippen molar-refractivity contribution in [3.8, 4) is 0 Å². The lowest BCUT2D eigenvalue weighted by Crippen LogP contribution is -2.27. The van der Waals surface area contributed by atoms with Gasteiger partial charge in [0.15, 0.2) is 0 Å². The largest absolute Gasteiger partial charge is 0.393 e. The fourth-order valence-corrected chi connectivity index (χ4v) is 1.64. The van der Waals surface area contributed by atoms with Crippen molar-refractivity contribution >= 4 is 23.6 Å². The van der Waals surface area contributed by atoms with Crippen LogP contribution in [-0.2, 0) is 4.79 Å². The van der Waals surface area contributed by atoms with Crippen molar-refractivity contribution in [2.24, 2.45) is 0 Å². The van der Waals surface area contributed by atoms with Crippen molar-refractivity contribution in [2.75, 3.05) is 6.54 Å². The van der Waals surface area contributed by atoms with E-state index in [-0.39, 0.29) is 5.91 Å². The van der Waals surface area contributed by atoms with Crippen molar-refractivity contribution in [3.05, 3.63) is 40.4 Å². The highest BCUT2D eigenvalue weighted by molar-refractivity contribution is 6.30. The van der Waals surface area contributed by atoms with E-state index in [9.17, 15) is 4.79 Å². The van der Waals surface area contributed by atoms with E-state index in [1.54, 1.807) is 32.1 Å². The molecule has 0 saturated heterocycles. The Labute approximate surface area is 112 Å². The summed E-state index contributed by atoms with van der Waals surface area (Å²) < 4.78 is 0. The Bertz CT molecular complexity index is 441. The molecule has 0 spiro atoms. The van der Waals surface area contributed by atoms with Gasteiger partial charge in [-0.25, -0.2) is 0 Å². The lowest BCUT2D eigenvalue weighted by atomic mass is 10.1. The molecule has 0 aromatic heterocycles. The summed E-state index contributed by atoms with van der Waals surface area (Å²) >= 11 is 5.87. The quantitative estimate of drug-likeness (QED) is 0.806. The molecule has 1 atom stereocenters. The van der Waals surface area contributed by atoms with E-state index >= 15 is 0 Å². The molecule has 0 fully saturated rings. The number of rotatable bonds is 5. The Morgan fingerprint density at radius 2 is 2.28 bits per heavy atom. The molecule has 4 heteroatoms. The SMILES string of the molecule is C/C(=C\c1cccc(Cl)c1)C(=O)NCCC(C)O. The predicted molar refractivity (Wildman–Crippen MR) is 74.4 cm³/mol. The molecule has 1 rings (SSSR count). The van der Waals surface area contributed by atoms with E-state index in [0.717, 1.165) is 5.56 Å². The fourth-order valence-electron chi connectivity index (χ4n) is 1.45. The van der Waals surface area contributed by atoms with Crippen LogP contribution in [0.1, 0.15) is 25.8 Å². The molecule has 0 bridgehead atoms. The fraction of sp³-hybridized carbons (Fsp3) is 0.357. The molecule has 0 saturated carbocycles. The van der Waals surface area contributed by atoms with Crippen LogP contribution in [0.25, 0.3) is 6.08 Å². The first-order valence-electron chi connectivity index (χ1n) is 5.89. The van der Waals surface area contributed by atoms with Crippen LogP contribution in [0.2, 0.25) is 5.02 Å². The number of carbonyl (C=O) groups excluding carboxylic acids is 1. The lowest BCUT2D eigenvalue weighted by molar-refractivity contribution is -0.117. The van der Waals surface area contributed by atoms with E-state index < -0.39 is 6.10 Å². The zero-order valence-corrected chi connectivity index (χ0v) is 11.4. The molecule has 1 unspecified atom stereocenters. The molecule has 2 N–H and O–H groups in total. The number of halogens is 1. The van der Waals surface area contributed by atoms with Gasteiger partial charge in [-0.3, -0.25) is 4.79 Å². The first-order chi connectivity index (χ1) is 8.49. The Morgan fingerprint density at radius 1 is 1.56 bits per heavy atom. The summed E-state index contributed by atoms with van der Waals surface area (Å²) in [7, 11) is 0. The normalized spacial score (nSPS) is 13.2. The van der Waals surface area contributed by atoms with Gasteiger partial charge in [-0.1, -0.05) is 23.7 Å². The molecular weight excluding hydrogens is 250 g/mol. The highest BCUT2D eigenvalue weighted by Crippen LogP contribution is 2.13. The number of nitrogens with one attached hydrogen (secondary N) is 1. The predicted octanol–water partition coefficient (Wildman–Crippen LogP) is 2.63. The first kappa shape index (κ1) is 14.7. The highest BCUT2D eigenvalue weighted by atomic mass is 35.5. The van der Waals surface area contributed by atoms with Gasteiger partial charge in [-0.15, -0.1) is 0 Å². The summed E-state index contributed by atoms with van der Waals surface area (Å²) in [4.78, 5) is 11.7. The average molecular weight is 268 g/mol. The molecular formula is C14H18ClNO2. The third-order valence-electron chi connectivity index (χ3n) is 2.44. The molecule has 0 aliphatic carbocycles. The summed E-state index contributed by atoms with van der Waals surface area (Å²) in [5.74, 6) is -0.129. The van der Waals surface area contributed by atoms with Crippen LogP contribution in [-0.4, -0.2) is 23.7 Å². The van der Waals surface area contributed by atoms with E-state index in [0.29, 0.717) is 23.6 Å². The smallest absolute Gasteiger partial charge is 0.246 e. The summed E-state index contributed by atoms with van der Waals surface area (Å²) in [5, 5.41) is 12.5. The number of hydrogen-bond donors (Lipinski definition) is 2. The molecule has 0 heterocycles. The number of amides is 1. The maximum atomic E-state index is 11.7. The minimum atomic E-state index is -0.400. The topological polar surface area (TPSA) is 49.3 Å². The van der Waals surface area contributed by atoms with Crippen molar-refractivity contribution < 1.29 is 9.90 Å². The third kappa shape index (κ3) is 5.34. The summed E-state index contributed by atoms with van der Waals surface area (Å²) in [6.45, 7) is 3.91. The second-order valence-electron chi connectivity index (χ2n) is 4.28. The number of aliphatic hydroxyl groups is 1. The van der Waals surface area contributed by atoms with E-state index in [1.807, 2.05) is 12.1 Å². The summed E-state index contributed by atoms with van der Waals surface area (Å²) in [6, 6.07) is 7.32. The number of carbonyl (C=O) groups is 1. The minimum Gasteiger partial charge on any atom is -0.393 e. The Kier molecular flexibility index (Phi) is 5.89. The van der Waals surface area contributed by atoms with Crippen molar-refractivity contribution in [2.45, 2.75) is 26.4 Å². The van der Waals surface area contributed by atoms with Gasteiger partial charge < -0.3 is 10.4 Å². The molecule has 1 amide bonds. The lowest BCUT2D eigenvalue weighted by Gasteiger charge is -2.07. The average Bonchev–Trinajstić information content (AvgIpc) is 2.28. The summed E-state index contributed by atoms with van der Waals surface area (Å²) in [6.07, 6.45) is 1.93. The minimum absolute atomic E-state index is 0.129. The van der Waals surface area contributed by atoms with Crippen LogP contribution >= 0.6 is 11.6 Å². The Hall–Kier alpha value is -1.32. The van der Waals surface area contributed by atoms with Gasteiger partial charge in [-0.05, 0) is 44.0 Å². The Balaban J connectivity index is 2.57. The van der Waals surface area contributed by atoms with Crippen LogP contribution in [0.15, 0.2) is 29.8 Å². The molecule has 1 aromatic carbocycles. The van der Waals surface area contributed by atoms with Crippen molar-refractivity contribution in [1.29, 1.82) is 0 Å². The van der Waals surface area contributed by atoms with E-state index in [2.05, 4.69) is 5.32 Å². The molecule has 0 radical (unpaired) electrons.